The zero-order valence-electron chi connectivity index (χ0n) is 21.1. The molecule has 1 amide bonds. The van der Waals surface area contributed by atoms with E-state index in [1.807, 2.05) is 34.5 Å². The van der Waals surface area contributed by atoms with Crippen LogP contribution in [0.25, 0.3) is 5.69 Å². The van der Waals surface area contributed by atoms with E-state index in [-0.39, 0.29) is 5.91 Å². The molecule has 3 aromatic carbocycles. The summed E-state index contributed by atoms with van der Waals surface area (Å²) in [5.74, 6) is 1.51. The number of benzene rings is 3. The van der Waals surface area contributed by atoms with Crippen molar-refractivity contribution in [1.29, 1.82) is 0 Å². The Labute approximate surface area is 230 Å². The summed E-state index contributed by atoms with van der Waals surface area (Å²) in [5, 5.41) is 12.7. The fraction of sp³-hybridized carbons (Fsp3) is 0.200. The first-order valence-electron chi connectivity index (χ1n) is 12.6. The first-order chi connectivity index (χ1) is 18.6. The van der Waals surface area contributed by atoms with Crippen LogP contribution in [-0.2, 0) is 25.1 Å². The number of thiazole rings is 1. The Balaban J connectivity index is 1.18. The van der Waals surface area contributed by atoms with E-state index in [0.29, 0.717) is 24.4 Å². The number of thioether (sulfide) groups is 1. The summed E-state index contributed by atoms with van der Waals surface area (Å²) in [7, 11) is 0. The third kappa shape index (κ3) is 5.28. The monoisotopic (exact) mass is 537 g/mol. The number of nitrogens with zero attached hydrogens (tertiary/aromatic N) is 5. The molecule has 38 heavy (non-hydrogen) atoms. The normalized spacial score (nSPS) is 12.9. The summed E-state index contributed by atoms with van der Waals surface area (Å²) >= 11 is 3.12. The van der Waals surface area contributed by atoms with E-state index < -0.39 is 0 Å². The second-order valence-electron chi connectivity index (χ2n) is 9.39. The van der Waals surface area contributed by atoms with Gasteiger partial charge in [0.15, 0.2) is 5.16 Å². The van der Waals surface area contributed by atoms with Crippen molar-refractivity contribution in [3.05, 3.63) is 123 Å². The lowest BCUT2D eigenvalue weighted by Crippen LogP contribution is -2.36. The number of aryl methyl sites for hydroxylation is 1. The molecule has 0 atom stereocenters. The van der Waals surface area contributed by atoms with Crippen LogP contribution in [0.1, 0.15) is 43.6 Å². The molecule has 3 heterocycles. The van der Waals surface area contributed by atoms with E-state index in [4.69, 9.17) is 4.98 Å². The number of fused-ring (bicyclic) bond motifs is 1. The van der Waals surface area contributed by atoms with Crippen molar-refractivity contribution in [2.45, 2.75) is 37.2 Å². The Morgan fingerprint density at radius 3 is 2.53 bits per heavy atom. The molecule has 6 nitrogen and oxygen atoms in total. The van der Waals surface area contributed by atoms with Gasteiger partial charge in [0, 0.05) is 30.6 Å². The topological polar surface area (TPSA) is 63.9 Å². The van der Waals surface area contributed by atoms with Crippen LogP contribution in [0.4, 0.5) is 0 Å². The number of rotatable bonds is 7. The molecular formula is C30H27N5OS2. The van der Waals surface area contributed by atoms with E-state index in [1.165, 1.54) is 33.6 Å². The van der Waals surface area contributed by atoms with Gasteiger partial charge in [0.05, 0.1) is 5.75 Å². The molecule has 8 heteroatoms. The van der Waals surface area contributed by atoms with E-state index in [9.17, 15) is 4.79 Å². The van der Waals surface area contributed by atoms with E-state index in [2.05, 4.69) is 76.3 Å². The average molecular weight is 538 g/mol. The number of hydrogen-bond donors (Lipinski definition) is 0. The van der Waals surface area contributed by atoms with Gasteiger partial charge in [-0.3, -0.25) is 9.36 Å². The van der Waals surface area contributed by atoms with Gasteiger partial charge in [0.2, 0.25) is 0 Å². The number of amides is 1. The molecule has 0 N–H and O–H groups in total. The van der Waals surface area contributed by atoms with E-state index in [0.717, 1.165) is 34.6 Å². The first-order valence-corrected chi connectivity index (χ1v) is 14.5. The molecule has 0 saturated heterocycles. The van der Waals surface area contributed by atoms with Crippen LogP contribution in [0.5, 0.6) is 0 Å². The van der Waals surface area contributed by atoms with Crippen molar-refractivity contribution >= 4 is 29.0 Å². The summed E-state index contributed by atoms with van der Waals surface area (Å²) in [5.41, 5.74) is 6.51. The second kappa shape index (κ2) is 10.9. The molecule has 0 spiro atoms. The molecule has 0 aliphatic carbocycles. The second-order valence-corrected chi connectivity index (χ2v) is 11.3. The standard InChI is InChI=1S/C30H27N5OS2/c1-21-11-13-25(14-12-21)35-27(17-22-7-3-2-4-8-22)32-33-30(35)38-20-28-31-26(19-37-28)29(36)34-16-15-23-9-5-6-10-24(23)18-34/h2-14,19H,15-18,20H2,1H3. The molecule has 1 aliphatic rings. The van der Waals surface area contributed by atoms with Crippen molar-refractivity contribution in [1.82, 2.24) is 24.6 Å². The maximum atomic E-state index is 13.2. The van der Waals surface area contributed by atoms with Gasteiger partial charge in [-0.1, -0.05) is 84.1 Å². The van der Waals surface area contributed by atoms with E-state index in [1.54, 1.807) is 11.8 Å². The number of hydrogen-bond acceptors (Lipinski definition) is 6. The Kier molecular flexibility index (Phi) is 7.07. The predicted octanol–water partition coefficient (Wildman–Crippen LogP) is 6.11. The summed E-state index contributed by atoms with van der Waals surface area (Å²) in [6.45, 7) is 3.45. The minimum Gasteiger partial charge on any atom is -0.333 e. The van der Waals surface area contributed by atoms with Crippen LogP contribution in [0.15, 0.2) is 89.4 Å². The average Bonchev–Trinajstić information content (AvgIpc) is 3.59. The van der Waals surface area contributed by atoms with Crippen LogP contribution in [0.2, 0.25) is 0 Å². The highest BCUT2D eigenvalue weighted by Crippen LogP contribution is 2.28. The van der Waals surface area contributed by atoms with E-state index >= 15 is 0 Å². The van der Waals surface area contributed by atoms with Gasteiger partial charge in [-0.05, 0) is 42.2 Å². The maximum Gasteiger partial charge on any atom is 0.273 e. The van der Waals surface area contributed by atoms with Gasteiger partial charge in [-0.15, -0.1) is 21.5 Å². The van der Waals surface area contributed by atoms with Gasteiger partial charge < -0.3 is 4.90 Å². The van der Waals surface area contributed by atoms with Crippen LogP contribution < -0.4 is 0 Å². The molecule has 5 aromatic rings. The molecular weight excluding hydrogens is 510 g/mol. The van der Waals surface area contributed by atoms with Crippen molar-refractivity contribution < 1.29 is 4.79 Å². The summed E-state index contributed by atoms with van der Waals surface area (Å²) in [4.78, 5) is 19.8. The molecule has 1 aliphatic heterocycles. The molecule has 0 bridgehead atoms. The zero-order valence-corrected chi connectivity index (χ0v) is 22.7. The number of carbonyl (C=O) groups is 1. The van der Waals surface area contributed by atoms with Crippen LogP contribution >= 0.6 is 23.1 Å². The lowest BCUT2D eigenvalue weighted by atomic mass is 10.00. The van der Waals surface area contributed by atoms with Gasteiger partial charge in [-0.25, -0.2) is 4.98 Å². The van der Waals surface area contributed by atoms with Gasteiger partial charge >= 0.3 is 0 Å². The fourth-order valence-electron chi connectivity index (χ4n) is 4.67. The predicted molar refractivity (Wildman–Crippen MR) is 152 cm³/mol. The summed E-state index contributed by atoms with van der Waals surface area (Å²) < 4.78 is 2.13. The third-order valence-electron chi connectivity index (χ3n) is 6.71. The SMILES string of the molecule is Cc1ccc(-n2c(Cc3ccccc3)nnc2SCc2nc(C(=O)N3CCc4ccccc4C3)cs2)cc1. The Bertz CT molecular complexity index is 1560. The maximum absolute atomic E-state index is 13.2. The third-order valence-corrected chi connectivity index (χ3v) is 8.68. The minimum atomic E-state index is -0.0000254. The first kappa shape index (κ1) is 24.6. The lowest BCUT2D eigenvalue weighted by molar-refractivity contribution is 0.0729. The van der Waals surface area contributed by atoms with Crippen LogP contribution in [0, 0.1) is 6.92 Å². The van der Waals surface area contributed by atoms with Gasteiger partial charge in [-0.2, -0.15) is 0 Å². The molecule has 190 valence electrons. The van der Waals surface area contributed by atoms with Crippen LogP contribution in [-0.4, -0.2) is 37.1 Å². The number of carbonyl (C=O) groups excluding carboxylic acids is 1. The summed E-state index contributed by atoms with van der Waals surface area (Å²) in [6.07, 6.45) is 1.58. The highest BCUT2D eigenvalue weighted by atomic mass is 32.2. The Morgan fingerprint density at radius 1 is 0.947 bits per heavy atom. The largest absolute Gasteiger partial charge is 0.333 e. The molecule has 2 aromatic heterocycles. The molecule has 0 fully saturated rings. The fourth-order valence-corrected chi connectivity index (χ4v) is 6.43. The minimum absolute atomic E-state index is 0.0000254. The Hall–Kier alpha value is -3.75. The van der Waals surface area contributed by atoms with Crippen LogP contribution in [0.3, 0.4) is 0 Å². The lowest BCUT2D eigenvalue weighted by Gasteiger charge is -2.28. The quantitative estimate of drug-likeness (QED) is 0.234. The van der Waals surface area contributed by atoms with Gasteiger partial charge in [0.1, 0.15) is 16.5 Å². The smallest absolute Gasteiger partial charge is 0.273 e. The van der Waals surface area contributed by atoms with Crippen molar-refractivity contribution in [3.8, 4) is 5.69 Å². The molecule has 6 rings (SSSR count). The zero-order chi connectivity index (χ0) is 25.9. The molecule has 0 unspecified atom stereocenters. The van der Waals surface area contributed by atoms with Crippen molar-refractivity contribution in [2.24, 2.45) is 0 Å². The Morgan fingerprint density at radius 2 is 1.71 bits per heavy atom. The highest BCUT2D eigenvalue weighted by Gasteiger charge is 2.24. The van der Waals surface area contributed by atoms with Crippen molar-refractivity contribution in [2.75, 3.05) is 6.54 Å². The molecule has 0 radical (unpaired) electrons. The van der Waals surface area contributed by atoms with Gasteiger partial charge in [0.25, 0.3) is 5.91 Å². The van der Waals surface area contributed by atoms with Crippen molar-refractivity contribution in [3.63, 3.8) is 0 Å². The highest BCUT2D eigenvalue weighted by molar-refractivity contribution is 7.98. The number of aromatic nitrogens is 4. The molecule has 0 saturated carbocycles. The summed E-state index contributed by atoms with van der Waals surface area (Å²) in [6, 6.07) is 27.1.